The van der Waals surface area contributed by atoms with Crippen molar-refractivity contribution in [1.82, 2.24) is 9.97 Å². The topological polar surface area (TPSA) is 352 Å². The molecule has 2 heterocycles. The third kappa shape index (κ3) is 23.0. The fourth-order valence-corrected chi connectivity index (χ4v) is 14.5. The second-order valence-electron chi connectivity index (χ2n) is 18.9. The molecule has 3 aliphatic rings. The first-order chi connectivity index (χ1) is 47.1. The fourth-order valence-electron chi connectivity index (χ4n) is 8.09. The Kier molecular flexibility index (Phi) is 34.4. The van der Waals surface area contributed by atoms with E-state index in [1.165, 1.54) is 45.7 Å². The van der Waals surface area contributed by atoms with Gasteiger partial charge >= 0.3 is 17.1 Å². The summed E-state index contributed by atoms with van der Waals surface area (Å²) >= 11 is 30.9. The molecule has 0 unspecified atom stereocenters. The molecule has 6 aromatic carbocycles. The molecule has 0 fully saturated rings. The van der Waals surface area contributed by atoms with Crippen LogP contribution in [0.25, 0.3) is 0 Å². The number of aliphatic hydroxyl groups is 4. The molecule has 99 heavy (non-hydrogen) atoms. The fraction of sp³-hybridized carbons (Fsp3) is 0.0286. The van der Waals surface area contributed by atoms with Crippen molar-refractivity contribution in [3.63, 3.8) is 0 Å². The van der Waals surface area contributed by atoms with Gasteiger partial charge in [0.2, 0.25) is 23.1 Å². The molecule has 0 radical (unpaired) electrons. The summed E-state index contributed by atoms with van der Waals surface area (Å²) in [5, 5.41) is 83.7. The molecule has 0 spiro atoms. The van der Waals surface area contributed by atoms with Crippen LogP contribution in [0.5, 0.6) is 0 Å². The van der Waals surface area contributed by atoms with Crippen molar-refractivity contribution in [3.05, 3.63) is 295 Å². The Balaban J connectivity index is 0.000000271. The number of anilines is 2. The number of halogens is 6. The van der Waals surface area contributed by atoms with E-state index in [2.05, 4.69) is 201 Å². The van der Waals surface area contributed by atoms with Crippen molar-refractivity contribution < 1.29 is 76.5 Å². The average molecular weight is 1530 g/mol. The Hall–Kier alpha value is -10.1. The quantitative estimate of drug-likeness (QED) is 0.0218. The van der Waals surface area contributed by atoms with Gasteiger partial charge in [-0.2, -0.15) is 20.7 Å². The summed E-state index contributed by atoms with van der Waals surface area (Å²) in [6.45, 7) is 2.86. The summed E-state index contributed by atoms with van der Waals surface area (Å²) in [7, 11) is -2.27. The van der Waals surface area contributed by atoms with Gasteiger partial charge in [0.15, 0.2) is 34.6 Å². The van der Waals surface area contributed by atoms with Crippen LogP contribution in [-0.4, -0.2) is 77.5 Å². The number of benzene rings is 6. The molecule has 502 valence electrons. The number of aliphatic hydroxyl groups excluding tert-OH is 4. The number of aromatic nitrogens is 2. The number of pyridine rings is 2. The van der Waals surface area contributed by atoms with Gasteiger partial charge in [-0.25, -0.2) is 9.97 Å². The van der Waals surface area contributed by atoms with Gasteiger partial charge in [-0.1, -0.05) is 179 Å². The van der Waals surface area contributed by atoms with Crippen LogP contribution in [-0.2, 0) is 45.8 Å². The maximum atomic E-state index is 10.8. The standard InChI is InChI=1S/2C24H20N3P.3C6H2Cl2O4.2C2H3N.Fe/c2*1-3-12-21(13-4-1)28(22-14-5-2-6-15-22)23-16-8-7-11-20(23)19-26-27-24-17-9-10-18-25-24;3*7-1-3(9)5(11)2(8)6(12)4(1)10;2*1-2-3;/h2*1-19H,(H,25,27);3*9,12H;2*1H3;/q;;;;;;;+2/b2*26-19+;;;;;;. The molecule has 6 N–H and O–H groups in total. The molecule has 0 bridgehead atoms. The number of carbonyl (C=O) groups is 6. The summed E-state index contributed by atoms with van der Waals surface area (Å²) in [6.07, 6.45) is 7.27. The molecule has 0 saturated heterocycles. The van der Waals surface area contributed by atoms with Crippen LogP contribution in [0.2, 0.25) is 0 Å². The normalized spacial score (nSPS) is 13.4. The van der Waals surface area contributed by atoms with Gasteiger partial charge in [-0.15, -0.1) is 0 Å². The monoisotopic (exact) mass is 1520 g/mol. The zero-order valence-electron chi connectivity index (χ0n) is 51.3. The Bertz CT molecular complexity index is 3930. The maximum Gasteiger partial charge on any atom is 2.00 e. The molecule has 3 aliphatic carbocycles. The van der Waals surface area contributed by atoms with E-state index in [4.69, 9.17) is 101 Å². The van der Waals surface area contributed by atoms with E-state index in [9.17, 15) is 39.0 Å². The van der Waals surface area contributed by atoms with Crippen LogP contribution < -0.4 is 52.9 Å². The SMILES string of the molecule is C(=N\Nc1ccccn1)/c1ccccc1[PH+](c1ccccc1)c1ccccc1.C(=N\Nc1ccccn1)/c1ccccc1[PH+](c1ccccc1)c1ccccc1.CC#N.CC#N.O=C1C(O)=C(Cl)C(=O)C(O)=C1Cl.O=C1C(O)=C(Cl)C(=O)C(O)=C1Cl.O=C1C([O-])=C(Cl)C(=O)C([O-])=C1Cl.[Fe+2]. The van der Waals surface area contributed by atoms with Crippen molar-refractivity contribution in [2.45, 2.75) is 13.8 Å². The van der Waals surface area contributed by atoms with E-state index in [0.29, 0.717) is 0 Å². The summed E-state index contributed by atoms with van der Waals surface area (Å²) < 4.78 is 0. The van der Waals surface area contributed by atoms with Crippen LogP contribution in [0.3, 0.4) is 0 Å². The van der Waals surface area contributed by atoms with Crippen molar-refractivity contribution in [2.75, 3.05) is 10.9 Å². The van der Waals surface area contributed by atoms with Crippen molar-refractivity contribution in [3.8, 4) is 12.1 Å². The van der Waals surface area contributed by atoms with Gasteiger partial charge in [-0.05, 0) is 109 Å². The summed E-state index contributed by atoms with van der Waals surface area (Å²) in [5.74, 6) is -11.5. The zero-order chi connectivity index (χ0) is 71.8. The molecule has 0 saturated carbocycles. The second kappa shape index (κ2) is 41.9. The molecular formula is C70H52Cl6FeN8O12P2+2. The van der Waals surface area contributed by atoms with Gasteiger partial charge < -0.3 is 30.6 Å². The molecule has 20 nitrogen and oxygen atoms in total. The third-order valence-corrected chi connectivity index (χ3v) is 20.2. The molecular weight excluding hydrogens is 1480 g/mol. The third-order valence-electron chi connectivity index (χ3n) is 12.5. The van der Waals surface area contributed by atoms with Gasteiger partial charge in [0, 0.05) is 37.4 Å². The Morgan fingerprint density at radius 2 is 0.616 bits per heavy atom. The minimum Gasteiger partial charge on any atom is -0.869 e. The number of nitrogens with one attached hydrogen (secondary N) is 2. The first-order valence-electron chi connectivity index (χ1n) is 28.0. The molecule has 8 aromatic rings. The number of allylic oxidation sites excluding steroid dienone is 6. The molecule has 0 aliphatic heterocycles. The zero-order valence-corrected chi connectivity index (χ0v) is 58.9. The minimum absolute atomic E-state index is 0. The van der Waals surface area contributed by atoms with Crippen LogP contribution in [0.4, 0.5) is 11.6 Å². The average Bonchev–Trinajstić information content (AvgIpc) is 0.832. The van der Waals surface area contributed by atoms with E-state index in [1.54, 1.807) is 24.5 Å². The molecule has 2 aromatic heterocycles. The van der Waals surface area contributed by atoms with E-state index >= 15 is 0 Å². The van der Waals surface area contributed by atoms with E-state index in [1.807, 2.05) is 48.8 Å². The van der Waals surface area contributed by atoms with E-state index in [0.717, 1.165) is 22.8 Å². The van der Waals surface area contributed by atoms with Gasteiger partial charge in [0.1, 0.15) is 63.6 Å². The number of hydrogen-bond donors (Lipinski definition) is 6. The molecule has 0 atom stereocenters. The predicted molar refractivity (Wildman–Crippen MR) is 384 cm³/mol. The van der Waals surface area contributed by atoms with Gasteiger partial charge in [-0.3, -0.25) is 39.6 Å². The number of carbonyl (C=O) groups excluding carboxylic acids is 6. The summed E-state index contributed by atoms with van der Waals surface area (Å²) in [6, 6.07) is 74.9. The van der Waals surface area contributed by atoms with E-state index < -0.39 is 115 Å². The second-order valence-corrected chi connectivity index (χ2v) is 26.1. The molecule has 29 heteroatoms. The van der Waals surface area contributed by atoms with Crippen molar-refractivity contribution >= 4 is 176 Å². The number of nitriles is 2. The number of nitrogens with zero attached hydrogens (tertiary/aromatic N) is 6. The van der Waals surface area contributed by atoms with Gasteiger partial charge in [0.25, 0.3) is 0 Å². The number of ketones is 6. The summed E-state index contributed by atoms with van der Waals surface area (Å²) in [4.78, 5) is 73.1. The maximum absolute atomic E-state index is 10.8. The minimum atomic E-state index is -1.23. The van der Waals surface area contributed by atoms with Crippen LogP contribution in [0.1, 0.15) is 25.0 Å². The first-order valence-corrected chi connectivity index (χ1v) is 33.3. The van der Waals surface area contributed by atoms with Crippen molar-refractivity contribution in [1.29, 1.82) is 10.5 Å². The smallest absolute Gasteiger partial charge is 0.869 e. The number of hydrogen-bond acceptors (Lipinski definition) is 20. The van der Waals surface area contributed by atoms with Crippen LogP contribution >= 0.6 is 85.4 Å². The first kappa shape index (κ1) is 81.3. The summed E-state index contributed by atoms with van der Waals surface area (Å²) in [5.41, 5.74) is 8.25. The van der Waals surface area contributed by atoms with Crippen LogP contribution in [0.15, 0.2) is 294 Å². The number of Topliss-reactive ketones (excluding diaryl/α,β-unsaturated/α-hetero) is 6. The van der Waals surface area contributed by atoms with Crippen LogP contribution in [0, 0.1) is 22.7 Å². The molecule has 0 amide bonds. The Labute approximate surface area is 610 Å². The largest absolute Gasteiger partial charge is 2.00 e. The van der Waals surface area contributed by atoms with Crippen molar-refractivity contribution in [2.24, 2.45) is 10.2 Å². The van der Waals surface area contributed by atoms with Gasteiger partial charge in [0.05, 0.1) is 50.5 Å². The molecule has 11 rings (SSSR count). The Morgan fingerprint density at radius 3 is 0.859 bits per heavy atom. The van der Waals surface area contributed by atoms with E-state index in [-0.39, 0.29) is 17.1 Å². The Morgan fingerprint density at radius 1 is 0.384 bits per heavy atom. The predicted octanol–water partition coefficient (Wildman–Crippen LogP) is 10.2. The number of rotatable bonds is 12. The number of hydrazone groups is 2.